The highest BCUT2D eigenvalue weighted by Gasteiger charge is 2.34. The summed E-state index contributed by atoms with van der Waals surface area (Å²) < 4.78 is 29.6. The average Bonchev–Trinajstić information content (AvgIpc) is 3.43. The summed E-state index contributed by atoms with van der Waals surface area (Å²) in [5.74, 6) is 2.38. The van der Waals surface area contributed by atoms with E-state index >= 15 is 0 Å². The van der Waals surface area contributed by atoms with Crippen LogP contribution in [0.3, 0.4) is 0 Å². The Morgan fingerprint density at radius 1 is 1.07 bits per heavy atom. The molecule has 0 saturated heterocycles. The molecule has 4 heterocycles. The maximum Gasteiger partial charge on any atom is 0.328 e. The Morgan fingerprint density at radius 2 is 1.95 bits per heavy atom. The molecule has 0 radical (unpaired) electrons. The summed E-state index contributed by atoms with van der Waals surface area (Å²) in [4.78, 5) is 29.5. The van der Waals surface area contributed by atoms with E-state index in [2.05, 4.69) is 20.6 Å². The number of methoxy groups -OCH3 is 3. The summed E-state index contributed by atoms with van der Waals surface area (Å²) in [5.41, 5.74) is 4.16. The number of imidazole rings is 1. The highest BCUT2D eigenvalue weighted by molar-refractivity contribution is 5.95. The number of hydrogen-bond acceptors (Lipinski definition) is 11. The first-order valence-corrected chi connectivity index (χ1v) is 14.1. The number of anilines is 3. The fourth-order valence-corrected chi connectivity index (χ4v) is 5.21. The van der Waals surface area contributed by atoms with E-state index in [1.807, 2.05) is 42.3 Å². The van der Waals surface area contributed by atoms with Crippen LogP contribution in [-0.2, 0) is 22.6 Å². The standard InChI is InChI=1S/C30H35N7O6/c1-36(15-18-5-6-21(40-3)13-25(18)41-4)23-14-26-32-19-11-20(33-27(12-19)42-10-9-39-2)16-43-24-8-7-22(24)34-30(38)37-17-31-28(23)29(37)35-26/h5-6,11-14,17,22,24H,7-10,15-16H2,1-4H3,(H,32,35)(H,34,38)/t22-,24-/m1/s1. The second-order valence-corrected chi connectivity index (χ2v) is 10.5. The van der Waals surface area contributed by atoms with Crippen molar-refractivity contribution in [1.29, 1.82) is 0 Å². The lowest BCUT2D eigenvalue weighted by atomic mass is 9.89. The van der Waals surface area contributed by atoms with Crippen LogP contribution in [-0.4, -0.2) is 79.3 Å². The van der Waals surface area contributed by atoms with E-state index in [4.69, 9.17) is 28.7 Å². The van der Waals surface area contributed by atoms with Crippen molar-refractivity contribution in [3.63, 3.8) is 0 Å². The van der Waals surface area contributed by atoms with Gasteiger partial charge in [-0.2, -0.15) is 0 Å². The van der Waals surface area contributed by atoms with Crippen molar-refractivity contribution in [1.82, 2.24) is 24.8 Å². The van der Waals surface area contributed by atoms with Crippen LogP contribution in [0, 0.1) is 0 Å². The summed E-state index contributed by atoms with van der Waals surface area (Å²) in [6, 6.07) is 10.9. The molecule has 6 rings (SSSR count). The Balaban J connectivity index is 1.41. The number of carbonyl (C=O) groups is 1. The molecule has 2 atom stereocenters. The smallest absolute Gasteiger partial charge is 0.328 e. The van der Waals surface area contributed by atoms with Crippen LogP contribution >= 0.6 is 0 Å². The van der Waals surface area contributed by atoms with Crippen molar-refractivity contribution in [3.8, 4) is 17.4 Å². The molecule has 3 aromatic heterocycles. The highest BCUT2D eigenvalue weighted by Crippen LogP contribution is 2.33. The van der Waals surface area contributed by atoms with Crippen LogP contribution in [0.2, 0.25) is 0 Å². The summed E-state index contributed by atoms with van der Waals surface area (Å²) in [6.45, 7) is 1.57. The molecule has 1 amide bonds. The van der Waals surface area contributed by atoms with Gasteiger partial charge >= 0.3 is 6.03 Å². The molecule has 13 heteroatoms. The van der Waals surface area contributed by atoms with E-state index in [-0.39, 0.29) is 24.8 Å². The predicted octanol–water partition coefficient (Wildman–Crippen LogP) is 3.87. The van der Waals surface area contributed by atoms with Gasteiger partial charge in [0.25, 0.3) is 0 Å². The Bertz CT molecular complexity index is 1630. The molecule has 1 saturated carbocycles. The summed E-state index contributed by atoms with van der Waals surface area (Å²) in [6.07, 6.45) is 3.05. The van der Waals surface area contributed by atoms with E-state index in [1.54, 1.807) is 27.4 Å². The minimum absolute atomic E-state index is 0.123. The first-order valence-electron chi connectivity index (χ1n) is 14.1. The van der Waals surface area contributed by atoms with Crippen LogP contribution in [0.15, 0.2) is 42.7 Å². The summed E-state index contributed by atoms with van der Waals surface area (Å²) in [5, 5.41) is 6.48. The number of pyridine rings is 2. The molecule has 4 aromatic rings. The number of aromatic nitrogens is 4. The summed E-state index contributed by atoms with van der Waals surface area (Å²) >= 11 is 0. The molecule has 2 aliphatic rings. The minimum Gasteiger partial charge on any atom is -0.497 e. The van der Waals surface area contributed by atoms with Crippen LogP contribution in [0.25, 0.3) is 11.2 Å². The van der Waals surface area contributed by atoms with Crippen molar-refractivity contribution >= 4 is 34.4 Å². The van der Waals surface area contributed by atoms with Gasteiger partial charge in [-0.05, 0) is 31.0 Å². The van der Waals surface area contributed by atoms with E-state index in [0.717, 1.165) is 29.8 Å². The van der Waals surface area contributed by atoms with Gasteiger partial charge in [-0.25, -0.2) is 24.3 Å². The van der Waals surface area contributed by atoms with Gasteiger partial charge in [0.1, 0.15) is 35.8 Å². The van der Waals surface area contributed by atoms with Crippen LogP contribution in [0.4, 0.5) is 22.0 Å². The van der Waals surface area contributed by atoms with E-state index in [9.17, 15) is 4.79 Å². The van der Waals surface area contributed by atoms with Gasteiger partial charge in [-0.3, -0.25) is 0 Å². The van der Waals surface area contributed by atoms with Crippen LogP contribution in [0.1, 0.15) is 24.1 Å². The molecule has 43 heavy (non-hydrogen) atoms. The lowest BCUT2D eigenvalue weighted by molar-refractivity contribution is -0.0336. The second-order valence-electron chi connectivity index (χ2n) is 10.5. The number of rotatable bonds is 9. The molecule has 1 aromatic carbocycles. The number of benzene rings is 1. The third-order valence-corrected chi connectivity index (χ3v) is 7.65. The number of nitrogens with zero attached hydrogens (tertiary/aromatic N) is 5. The number of nitrogens with one attached hydrogen (secondary N) is 2. The quantitative estimate of drug-likeness (QED) is 0.276. The van der Waals surface area contributed by atoms with Crippen molar-refractivity contribution in [3.05, 3.63) is 54.0 Å². The van der Waals surface area contributed by atoms with Gasteiger partial charge in [-0.15, -0.1) is 0 Å². The van der Waals surface area contributed by atoms with Crippen molar-refractivity contribution < 1.29 is 28.5 Å². The molecule has 2 N–H and O–H groups in total. The fraction of sp³-hybridized carbons (Fsp3) is 0.400. The third kappa shape index (κ3) is 5.99. The maximum absolute atomic E-state index is 13.4. The van der Waals surface area contributed by atoms with Crippen LogP contribution in [0.5, 0.6) is 17.4 Å². The van der Waals surface area contributed by atoms with Crippen LogP contribution < -0.4 is 29.7 Å². The number of ether oxygens (including phenoxy) is 5. The SMILES string of the molecule is COCCOc1cc2cc(n1)CO[C@@H]1CC[C@H]1NC(=O)n1cnc3c(N(C)Cc4ccc(OC)cc4OC)cc(nc31)N2. The zero-order chi connectivity index (χ0) is 29.9. The molecule has 13 nitrogen and oxygen atoms in total. The van der Waals surface area contributed by atoms with Gasteiger partial charge in [0.05, 0.1) is 51.0 Å². The molecular formula is C30H35N7O6. The molecule has 0 spiro atoms. The first kappa shape index (κ1) is 28.5. The van der Waals surface area contributed by atoms with Gasteiger partial charge in [0.2, 0.25) is 5.88 Å². The number of hydrogen-bond donors (Lipinski definition) is 2. The molecule has 0 unspecified atom stereocenters. The second kappa shape index (κ2) is 12.3. The van der Waals surface area contributed by atoms with E-state index in [1.165, 1.54) is 10.9 Å². The topological polar surface area (TPSA) is 134 Å². The van der Waals surface area contributed by atoms with Crippen molar-refractivity contribution in [2.75, 3.05) is 51.8 Å². The minimum atomic E-state index is -0.307. The monoisotopic (exact) mass is 589 g/mol. The highest BCUT2D eigenvalue weighted by atomic mass is 16.5. The first-order chi connectivity index (χ1) is 20.9. The molecule has 1 fully saturated rings. The number of amides is 1. The Labute approximate surface area is 249 Å². The fourth-order valence-electron chi connectivity index (χ4n) is 5.21. The zero-order valence-corrected chi connectivity index (χ0v) is 24.6. The van der Waals surface area contributed by atoms with Crippen molar-refractivity contribution in [2.45, 2.75) is 38.1 Å². The Kier molecular flexibility index (Phi) is 8.16. The molecule has 226 valence electrons. The number of fused-ring (bicyclic) bond motifs is 4. The lowest BCUT2D eigenvalue weighted by Crippen LogP contribution is -2.52. The zero-order valence-electron chi connectivity index (χ0n) is 24.6. The Morgan fingerprint density at radius 3 is 2.72 bits per heavy atom. The summed E-state index contributed by atoms with van der Waals surface area (Å²) in [7, 11) is 6.84. The van der Waals surface area contributed by atoms with E-state index in [0.29, 0.717) is 59.8 Å². The molecule has 1 aliphatic carbocycles. The largest absolute Gasteiger partial charge is 0.497 e. The lowest BCUT2D eigenvalue weighted by Gasteiger charge is -2.36. The number of carbonyl (C=O) groups excluding carboxylic acids is 1. The molecule has 1 aliphatic heterocycles. The van der Waals surface area contributed by atoms with Gasteiger partial charge in [-0.1, -0.05) is 0 Å². The van der Waals surface area contributed by atoms with E-state index < -0.39 is 0 Å². The average molecular weight is 590 g/mol. The van der Waals surface area contributed by atoms with Gasteiger partial charge in [0.15, 0.2) is 5.65 Å². The normalized spacial score (nSPS) is 17.7. The molecular weight excluding hydrogens is 554 g/mol. The van der Waals surface area contributed by atoms with Gasteiger partial charge < -0.3 is 39.2 Å². The van der Waals surface area contributed by atoms with Gasteiger partial charge in [0, 0.05) is 50.2 Å². The molecule has 4 bridgehead atoms. The third-order valence-electron chi connectivity index (χ3n) is 7.65. The van der Waals surface area contributed by atoms with Crippen molar-refractivity contribution in [2.24, 2.45) is 0 Å². The Hall–Kier alpha value is -4.62. The maximum atomic E-state index is 13.4. The predicted molar refractivity (Wildman–Crippen MR) is 160 cm³/mol.